The molecule has 1 saturated carbocycles. The van der Waals surface area contributed by atoms with Crippen LogP contribution >= 0.6 is 22.9 Å². The molecular formula is C7H12IN. The molecule has 1 aliphatic heterocycles. The Morgan fingerprint density at radius 3 is 2.44 bits per heavy atom. The zero-order valence-corrected chi connectivity index (χ0v) is 7.89. The van der Waals surface area contributed by atoms with Crippen LogP contribution in [0.25, 0.3) is 0 Å². The van der Waals surface area contributed by atoms with Crippen molar-refractivity contribution in [3.63, 3.8) is 0 Å². The van der Waals surface area contributed by atoms with Gasteiger partial charge in [-0.3, -0.25) is 0 Å². The summed E-state index contributed by atoms with van der Waals surface area (Å²) in [6.45, 7) is 3.69. The fraction of sp³-hybridized carbons (Fsp3) is 1.00. The van der Waals surface area contributed by atoms with Crippen LogP contribution in [-0.2, 0) is 0 Å². The van der Waals surface area contributed by atoms with Gasteiger partial charge >= 0.3 is 0 Å². The third kappa shape index (κ3) is 1.00. The maximum Gasteiger partial charge on any atom is 0.0204 e. The second kappa shape index (κ2) is 1.84. The van der Waals surface area contributed by atoms with E-state index in [1.807, 2.05) is 0 Å². The lowest BCUT2D eigenvalue weighted by molar-refractivity contribution is 0.500. The summed E-state index contributed by atoms with van der Waals surface area (Å²) in [6.07, 6.45) is 4.45. The van der Waals surface area contributed by atoms with Crippen molar-refractivity contribution in [3.8, 4) is 0 Å². The molecule has 2 fully saturated rings. The molecule has 0 N–H and O–H groups in total. The van der Waals surface area contributed by atoms with Gasteiger partial charge < -0.3 is 0 Å². The molecule has 2 aliphatic rings. The van der Waals surface area contributed by atoms with Gasteiger partial charge in [0.05, 0.1) is 0 Å². The first-order valence-corrected chi connectivity index (χ1v) is 4.61. The number of hydrogen-bond donors (Lipinski definition) is 0. The Morgan fingerprint density at radius 2 is 2.22 bits per heavy atom. The van der Waals surface area contributed by atoms with Gasteiger partial charge in [-0.05, 0) is 31.6 Å². The Balaban J connectivity index is 2.06. The van der Waals surface area contributed by atoms with Crippen LogP contribution in [-0.4, -0.2) is 15.7 Å². The molecule has 0 aromatic rings. The molecule has 1 nitrogen and oxygen atoms in total. The van der Waals surface area contributed by atoms with Crippen molar-refractivity contribution in [1.29, 1.82) is 0 Å². The first-order valence-electron chi connectivity index (χ1n) is 3.64. The zero-order chi connectivity index (χ0) is 6.48. The van der Waals surface area contributed by atoms with Gasteiger partial charge in [-0.25, -0.2) is 3.11 Å². The van der Waals surface area contributed by atoms with Crippen molar-refractivity contribution in [2.75, 3.05) is 6.54 Å². The Morgan fingerprint density at radius 1 is 1.56 bits per heavy atom. The largest absolute Gasteiger partial charge is 0.244 e. The predicted octanol–water partition coefficient (Wildman–Crippen LogP) is 2.21. The molecule has 52 valence electrons. The van der Waals surface area contributed by atoms with E-state index >= 15 is 0 Å². The lowest BCUT2D eigenvalue weighted by atomic mass is 10.0. The van der Waals surface area contributed by atoms with Crippen molar-refractivity contribution >= 4 is 22.9 Å². The molecule has 1 spiro atoms. The topological polar surface area (TPSA) is 3.24 Å². The summed E-state index contributed by atoms with van der Waals surface area (Å²) in [6, 6.07) is 0.841. The van der Waals surface area contributed by atoms with Crippen molar-refractivity contribution in [2.45, 2.75) is 32.2 Å². The molecule has 0 radical (unpaired) electrons. The van der Waals surface area contributed by atoms with Crippen molar-refractivity contribution in [2.24, 2.45) is 5.41 Å². The summed E-state index contributed by atoms with van der Waals surface area (Å²) in [5.41, 5.74) is 0.806. The van der Waals surface area contributed by atoms with E-state index in [9.17, 15) is 0 Å². The number of rotatable bonds is 0. The standard InChI is InChI=1S/C7H12IN/c1-6-4-7(2-3-7)5-9(6)8/h6H,2-5H2,1H3. The smallest absolute Gasteiger partial charge is 0.0204 e. The third-order valence-corrected chi connectivity index (χ3v) is 3.94. The van der Waals surface area contributed by atoms with Gasteiger partial charge in [0.2, 0.25) is 0 Å². The number of nitrogens with zero attached hydrogens (tertiary/aromatic N) is 1. The highest BCUT2D eigenvalue weighted by Crippen LogP contribution is 2.55. The quantitative estimate of drug-likeness (QED) is 0.461. The van der Waals surface area contributed by atoms with Crippen LogP contribution in [0.3, 0.4) is 0 Å². The van der Waals surface area contributed by atoms with Gasteiger partial charge in [-0.2, -0.15) is 0 Å². The highest BCUT2D eigenvalue weighted by atomic mass is 127. The average molecular weight is 237 g/mol. The molecule has 0 amide bonds. The van der Waals surface area contributed by atoms with Crippen molar-refractivity contribution < 1.29 is 0 Å². The van der Waals surface area contributed by atoms with Crippen LogP contribution in [0.2, 0.25) is 0 Å². The van der Waals surface area contributed by atoms with Crippen LogP contribution in [0, 0.1) is 5.41 Å². The maximum atomic E-state index is 2.46. The summed E-state index contributed by atoms with van der Waals surface area (Å²) < 4.78 is 2.46. The van der Waals surface area contributed by atoms with Gasteiger partial charge in [-0.1, -0.05) is 0 Å². The summed E-state index contributed by atoms with van der Waals surface area (Å²) in [5, 5.41) is 0. The molecule has 2 heteroatoms. The molecule has 1 unspecified atom stereocenters. The second-order valence-corrected chi connectivity index (χ2v) is 4.85. The molecule has 9 heavy (non-hydrogen) atoms. The first-order chi connectivity index (χ1) is 4.22. The normalized spacial score (nSPS) is 40.0. The van der Waals surface area contributed by atoms with E-state index in [0.29, 0.717) is 0 Å². The van der Waals surface area contributed by atoms with E-state index < -0.39 is 0 Å². The highest BCUT2D eigenvalue weighted by molar-refractivity contribution is 14.1. The minimum atomic E-state index is 0.806. The van der Waals surface area contributed by atoms with E-state index in [2.05, 4.69) is 32.9 Å². The van der Waals surface area contributed by atoms with E-state index in [1.54, 1.807) is 0 Å². The fourth-order valence-corrected chi connectivity index (χ4v) is 2.73. The van der Waals surface area contributed by atoms with Crippen LogP contribution in [0.1, 0.15) is 26.2 Å². The van der Waals surface area contributed by atoms with E-state index in [4.69, 9.17) is 0 Å². The second-order valence-electron chi connectivity index (χ2n) is 3.61. The molecule has 1 aliphatic carbocycles. The highest BCUT2D eigenvalue weighted by Gasteiger charge is 2.49. The van der Waals surface area contributed by atoms with Gasteiger partial charge in [-0.15, -0.1) is 0 Å². The van der Waals surface area contributed by atoms with E-state index in [-0.39, 0.29) is 0 Å². The summed E-state index contributed by atoms with van der Waals surface area (Å²) >= 11 is 2.46. The van der Waals surface area contributed by atoms with Gasteiger partial charge in [0.1, 0.15) is 0 Å². The molecule has 0 bridgehead atoms. The molecule has 1 atom stereocenters. The summed E-state index contributed by atoms with van der Waals surface area (Å²) in [4.78, 5) is 0. The number of hydrogen-bond acceptors (Lipinski definition) is 1. The Kier molecular flexibility index (Phi) is 1.31. The molecule has 2 rings (SSSR count). The molecule has 1 saturated heterocycles. The maximum absolute atomic E-state index is 2.46. The van der Waals surface area contributed by atoms with Gasteiger partial charge in [0, 0.05) is 35.5 Å². The van der Waals surface area contributed by atoms with Gasteiger partial charge in [0.15, 0.2) is 0 Å². The number of halogens is 1. The van der Waals surface area contributed by atoms with E-state index in [0.717, 1.165) is 11.5 Å². The molecule has 1 heterocycles. The van der Waals surface area contributed by atoms with Gasteiger partial charge in [0.25, 0.3) is 0 Å². The average Bonchev–Trinajstić information content (AvgIpc) is 2.42. The minimum Gasteiger partial charge on any atom is -0.244 e. The lowest BCUT2D eigenvalue weighted by Gasteiger charge is -2.09. The predicted molar refractivity (Wildman–Crippen MR) is 46.5 cm³/mol. The van der Waals surface area contributed by atoms with Crippen LogP contribution < -0.4 is 0 Å². The van der Waals surface area contributed by atoms with Crippen LogP contribution in [0.15, 0.2) is 0 Å². The SMILES string of the molecule is CC1CC2(CC2)CN1I. The third-order valence-electron chi connectivity index (χ3n) is 2.65. The van der Waals surface area contributed by atoms with Crippen LogP contribution in [0.4, 0.5) is 0 Å². The Hall–Kier alpha value is 0.690. The van der Waals surface area contributed by atoms with Crippen molar-refractivity contribution in [3.05, 3.63) is 0 Å². The first kappa shape index (κ1) is 6.40. The summed E-state index contributed by atoms with van der Waals surface area (Å²) in [5.74, 6) is 0. The molecule has 0 aromatic heterocycles. The summed E-state index contributed by atoms with van der Waals surface area (Å²) in [7, 11) is 0. The fourth-order valence-electron chi connectivity index (χ4n) is 1.81. The molecular weight excluding hydrogens is 225 g/mol. The Labute approximate surface area is 70.3 Å². The zero-order valence-electron chi connectivity index (χ0n) is 5.73. The van der Waals surface area contributed by atoms with Crippen LogP contribution in [0.5, 0.6) is 0 Å². The van der Waals surface area contributed by atoms with E-state index in [1.165, 1.54) is 25.8 Å². The monoisotopic (exact) mass is 237 g/mol. The minimum absolute atomic E-state index is 0.806. The van der Waals surface area contributed by atoms with Crippen molar-refractivity contribution in [1.82, 2.24) is 3.11 Å². The lowest BCUT2D eigenvalue weighted by Crippen LogP contribution is -2.14. The Bertz CT molecular complexity index is 119. The molecule has 0 aromatic carbocycles.